The molecule has 3 atom stereocenters. The maximum Gasteiger partial charge on any atom is 0.283 e. The normalized spacial score (nSPS) is 25.0. The van der Waals surface area contributed by atoms with Crippen molar-refractivity contribution in [2.24, 2.45) is 16.6 Å². The van der Waals surface area contributed by atoms with Crippen LogP contribution in [0.5, 0.6) is 5.75 Å². The van der Waals surface area contributed by atoms with Crippen LogP contribution >= 0.6 is 0 Å². The Morgan fingerprint density at radius 2 is 2.14 bits per heavy atom. The fourth-order valence-corrected chi connectivity index (χ4v) is 4.02. The van der Waals surface area contributed by atoms with Crippen LogP contribution in [-0.2, 0) is 10.3 Å². The van der Waals surface area contributed by atoms with E-state index in [1.165, 1.54) is 6.07 Å². The Balaban J connectivity index is 1.53. The van der Waals surface area contributed by atoms with Crippen LogP contribution in [0.4, 0.5) is 15.9 Å². The fourth-order valence-electron chi connectivity index (χ4n) is 4.02. The summed E-state index contributed by atoms with van der Waals surface area (Å²) in [4.78, 5) is 13.3. The van der Waals surface area contributed by atoms with E-state index in [9.17, 15) is 4.39 Å². The molecule has 0 bridgehead atoms. The number of hydrogen-bond donors (Lipinski definition) is 2. The topological polar surface area (TPSA) is 94.7 Å². The Morgan fingerprint density at radius 1 is 1.28 bits per heavy atom. The van der Waals surface area contributed by atoms with E-state index in [4.69, 9.17) is 15.2 Å². The number of nitrogens with zero attached hydrogens (tertiary/aromatic N) is 3. The Kier molecular flexibility index (Phi) is 3.84. The summed E-state index contributed by atoms with van der Waals surface area (Å²) >= 11 is 0. The molecule has 1 aliphatic carbocycles. The van der Waals surface area contributed by atoms with Crippen LogP contribution in [0.2, 0.25) is 0 Å². The molecule has 2 aromatic heterocycles. The number of fused-ring (bicyclic) bond motifs is 2. The molecule has 2 aliphatic rings. The van der Waals surface area contributed by atoms with Crippen LogP contribution in [-0.4, -0.2) is 29.2 Å². The first-order chi connectivity index (χ1) is 14.0. The predicted octanol–water partition coefficient (Wildman–Crippen LogP) is 3.47. The molecular formula is C21H20FN5O2. The Morgan fingerprint density at radius 3 is 2.97 bits per heavy atom. The number of methoxy groups -OCH3 is 1. The molecule has 0 saturated heterocycles. The smallest absolute Gasteiger partial charge is 0.283 e. The molecule has 1 saturated carbocycles. The minimum absolute atomic E-state index is 0.00688. The highest BCUT2D eigenvalue weighted by atomic mass is 19.1. The van der Waals surface area contributed by atoms with Gasteiger partial charge in [0.15, 0.2) is 5.82 Å². The SMILES string of the molecule is COc1cnc2c(Nc3ccc(F)c([C@@]4(C)N=C(N)O[C@H]5C[C@H]54)c3)nccc2c1. The Labute approximate surface area is 166 Å². The number of nitrogens with two attached hydrogens (primary N) is 1. The molecule has 148 valence electrons. The lowest BCUT2D eigenvalue weighted by Crippen LogP contribution is -2.35. The van der Waals surface area contributed by atoms with Gasteiger partial charge in [0, 0.05) is 28.8 Å². The molecule has 1 fully saturated rings. The van der Waals surface area contributed by atoms with E-state index in [-0.39, 0.29) is 23.9 Å². The predicted molar refractivity (Wildman–Crippen MR) is 108 cm³/mol. The number of anilines is 2. The molecule has 7 nitrogen and oxygen atoms in total. The van der Waals surface area contributed by atoms with Crippen molar-refractivity contribution in [2.45, 2.75) is 25.0 Å². The van der Waals surface area contributed by atoms with Gasteiger partial charge in [0.2, 0.25) is 0 Å². The van der Waals surface area contributed by atoms with Crippen molar-refractivity contribution in [3.8, 4) is 5.75 Å². The van der Waals surface area contributed by atoms with Crippen LogP contribution < -0.4 is 15.8 Å². The van der Waals surface area contributed by atoms with E-state index in [2.05, 4.69) is 20.3 Å². The van der Waals surface area contributed by atoms with Gasteiger partial charge in [0.25, 0.3) is 6.02 Å². The molecular weight excluding hydrogens is 373 g/mol. The second kappa shape index (κ2) is 6.30. The van der Waals surface area contributed by atoms with Crippen LogP contribution in [0.3, 0.4) is 0 Å². The standard InChI is InChI=1S/C21H20FN5O2/c1-21(15-9-17(15)29-20(23)27-21)14-8-12(3-4-16(14)22)26-19-18-11(5-6-24-19)7-13(28-2)10-25-18/h3-8,10,15,17H,9H2,1-2H3,(H2,23,27)(H,24,26)/t15-,17+,21-/m1/s1. The number of rotatable bonds is 4. The van der Waals surface area contributed by atoms with E-state index >= 15 is 0 Å². The lowest BCUT2D eigenvalue weighted by atomic mass is 9.86. The molecule has 29 heavy (non-hydrogen) atoms. The third-order valence-corrected chi connectivity index (χ3v) is 5.65. The summed E-state index contributed by atoms with van der Waals surface area (Å²) in [7, 11) is 1.60. The monoisotopic (exact) mass is 393 g/mol. The molecule has 0 unspecified atom stereocenters. The number of halogens is 1. The Hall–Kier alpha value is -3.42. The third-order valence-electron chi connectivity index (χ3n) is 5.65. The molecule has 8 heteroatoms. The van der Waals surface area contributed by atoms with Crippen molar-refractivity contribution in [1.82, 2.24) is 9.97 Å². The highest BCUT2D eigenvalue weighted by molar-refractivity contribution is 5.90. The highest BCUT2D eigenvalue weighted by Crippen LogP contribution is 2.53. The van der Waals surface area contributed by atoms with E-state index < -0.39 is 5.54 Å². The average Bonchev–Trinajstić information content (AvgIpc) is 3.49. The van der Waals surface area contributed by atoms with E-state index in [0.717, 1.165) is 11.8 Å². The van der Waals surface area contributed by atoms with Gasteiger partial charge in [-0.05, 0) is 43.7 Å². The van der Waals surface area contributed by atoms with Gasteiger partial charge in [-0.2, -0.15) is 0 Å². The van der Waals surface area contributed by atoms with Gasteiger partial charge in [-0.15, -0.1) is 0 Å². The first kappa shape index (κ1) is 17.7. The lowest BCUT2D eigenvalue weighted by Gasteiger charge is -2.30. The molecule has 5 rings (SSSR count). The number of benzene rings is 1. The van der Waals surface area contributed by atoms with Gasteiger partial charge >= 0.3 is 0 Å². The van der Waals surface area contributed by atoms with Crippen LogP contribution in [0.1, 0.15) is 18.9 Å². The molecule has 3 aromatic rings. The first-order valence-electron chi connectivity index (χ1n) is 9.36. The second-order valence-electron chi connectivity index (χ2n) is 7.52. The minimum Gasteiger partial charge on any atom is -0.495 e. The van der Waals surface area contributed by atoms with Gasteiger partial charge in [0.05, 0.1) is 18.8 Å². The first-order valence-corrected chi connectivity index (χ1v) is 9.36. The van der Waals surface area contributed by atoms with Crippen molar-refractivity contribution in [3.63, 3.8) is 0 Å². The summed E-state index contributed by atoms with van der Waals surface area (Å²) in [5, 5.41) is 4.14. The van der Waals surface area contributed by atoms with Crippen LogP contribution in [0, 0.1) is 11.7 Å². The van der Waals surface area contributed by atoms with Crippen molar-refractivity contribution < 1.29 is 13.9 Å². The Bertz CT molecular complexity index is 1150. The maximum absolute atomic E-state index is 14.8. The summed E-state index contributed by atoms with van der Waals surface area (Å²) < 4.78 is 25.5. The zero-order valence-corrected chi connectivity index (χ0v) is 16.0. The number of nitrogens with one attached hydrogen (secondary N) is 1. The summed E-state index contributed by atoms with van der Waals surface area (Å²) in [6.07, 6.45) is 4.15. The van der Waals surface area contributed by atoms with Gasteiger partial charge in [0.1, 0.15) is 23.2 Å². The zero-order valence-electron chi connectivity index (χ0n) is 16.0. The molecule has 1 aromatic carbocycles. The molecule has 1 aliphatic heterocycles. The van der Waals surface area contributed by atoms with E-state index in [1.54, 1.807) is 31.6 Å². The van der Waals surface area contributed by atoms with Crippen LogP contribution in [0.25, 0.3) is 10.9 Å². The fraction of sp³-hybridized carbons (Fsp3) is 0.286. The molecule has 0 spiro atoms. The number of hydrogen-bond acceptors (Lipinski definition) is 7. The van der Waals surface area contributed by atoms with Crippen molar-refractivity contribution in [1.29, 1.82) is 0 Å². The minimum atomic E-state index is -0.757. The van der Waals surface area contributed by atoms with Crippen molar-refractivity contribution in [3.05, 3.63) is 54.1 Å². The number of pyridine rings is 2. The molecule has 3 heterocycles. The van der Waals surface area contributed by atoms with Gasteiger partial charge in [-0.1, -0.05) is 0 Å². The number of aliphatic imine (C=N–C) groups is 1. The highest BCUT2D eigenvalue weighted by Gasteiger charge is 2.57. The maximum atomic E-state index is 14.8. The van der Waals surface area contributed by atoms with Crippen molar-refractivity contribution in [2.75, 3.05) is 12.4 Å². The molecule has 3 N–H and O–H groups in total. The number of amidine groups is 1. The van der Waals surface area contributed by atoms with Crippen LogP contribution in [0.15, 0.2) is 47.7 Å². The summed E-state index contributed by atoms with van der Waals surface area (Å²) in [6.45, 7) is 1.90. The quantitative estimate of drug-likeness (QED) is 0.705. The summed E-state index contributed by atoms with van der Waals surface area (Å²) in [6, 6.07) is 8.72. The van der Waals surface area contributed by atoms with Gasteiger partial charge in [-0.25, -0.2) is 19.4 Å². The largest absolute Gasteiger partial charge is 0.495 e. The van der Waals surface area contributed by atoms with Gasteiger partial charge < -0.3 is 20.5 Å². The average molecular weight is 393 g/mol. The number of aromatic nitrogens is 2. The lowest BCUT2D eigenvalue weighted by molar-refractivity contribution is 0.202. The summed E-state index contributed by atoms with van der Waals surface area (Å²) in [5.41, 5.74) is 6.94. The van der Waals surface area contributed by atoms with E-state index in [1.807, 2.05) is 19.1 Å². The third kappa shape index (κ3) is 2.91. The number of ether oxygens (including phenoxy) is 2. The molecule has 0 amide bonds. The zero-order chi connectivity index (χ0) is 20.2. The summed E-state index contributed by atoms with van der Waals surface area (Å²) in [5.74, 6) is 1.04. The van der Waals surface area contributed by atoms with E-state index in [0.29, 0.717) is 28.3 Å². The molecule has 0 radical (unpaired) electrons. The second-order valence-corrected chi connectivity index (χ2v) is 7.52. The van der Waals surface area contributed by atoms with Crippen molar-refractivity contribution >= 4 is 28.4 Å². The van der Waals surface area contributed by atoms with Gasteiger partial charge in [-0.3, -0.25) is 0 Å².